The van der Waals surface area contributed by atoms with Crippen molar-refractivity contribution in [2.75, 3.05) is 0 Å². The third-order valence-electron chi connectivity index (χ3n) is 3.74. The minimum absolute atomic E-state index is 0.0532. The molecular weight excluding hydrogens is 138 g/mol. The van der Waals surface area contributed by atoms with Crippen molar-refractivity contribution in [3.63, 3.8) is 0 Å². The zero-order valence-electron chi connectivity index (χ0n) is 6.58. The number of nitriles is 1. The molecule has 3 aliphatic rings. The molecule has 2 bridgehead atoms. The second kappa shape index (κ2) is 1.47. The first kappa shape index (κ1) is 6.02. The van der Waals surface area contributed by atoms with Crippen LogP contribution in [0.1, 0.15) is 19.8 Å². The maximum absolute atomic E-state index is 8.98. The van der Waals surface area contributed by atoms with Gasteiger partial charge in [-0.1, -0.05) is 0 Å². The van der Waals surface area contributed by atoms with E-state index in [9.17, 15) is 0 Å². The highest BCUT2D eigenvalue weighted by Crippen LogP contribution is 2.63. The van der Waals surface area contributed by atoms with Crippen LogP contribution in [0.15, 0.2) is 0 Å². The van der Waals surface area contributed by atoms with Crippen LogP contribution in [0, 0.1) is 28.6 Å². The monoisotopic (exact) mass is 149 g/mol. The summed E-state index contributed by atoms with van der Waals surface area (Å²) in [7, 11) is 0. The Morgan fingerprint density at radius 3 is 2.91 bits per heavy atom. The average Bonchev–Trinajstić information content (AvgIpc) is 2.65. The molecule has 2 heteroatoms. The zero-order valence-corrected chi connectivity index (χ0v) is 6.58. The molecule has 2 saturated carbocycles. The van der Waals surface area contributed by atoms with Crippen LogP contribution in [0.25, 0.3) is 0 Å². The fraction of sp³-hybridized carbons (Fsp3) is 0.889. The van der Waals surface area contributed by atoms with Crippen LogP contribution < -0.4 is 0 Å². The summed E-state index contributed by atoms with van der Waals surface area (Å²) in [6.07, 6.45) is 3.36. The summed E-state index contributed by atoms with van der Waals surface area (Å²) in [4.78, 5) is 0. The van der Waals surface area contributed by atoms with Crippen molar-refractivity contribution in [1.82, 2.24) is 0 Å². The molecule has 0 spiro atoms. The van der Waals surface area contributed by atoms with Gasteiger partial charge in [-0.3, -0.25) is 0 Å². The highest BCUT2D eigenvalue weighted by molar-refractivity contribution is 5.20. The van der Waals surface area contributed by atoms with E-state index >= 15 is 0 Å². The smallest absolute Gasteiger partial charge is 0.0888 e. The highest BCUT2D eigenvalue weighted by atomic mass is 16.6. The van der Waals surface area contributed by atoms with Gasteiger partial charge in [0.05, 0.1) is 23.7 Å². The summed E-state index contributed by atoms with van der Waals surface area (Å²) < 4.78 is 5.49. The summed E-state index contributed by atoms with van der Waals surface area (Å²) >= 11 is 0. The van der Waals surface area contributed by atoms with Gasteiger partial charge in [-0.25, -0.2) is 0 Å². The predicted molar refractivity (Wildman–Crippen MR) is 38.6 cm³/mol. The molecule has 3 fully saturated rings. The molecule has 2 nitrogen and oxygen atoms in total. The van der Waals surface area contributed by atoms with Gasteiger partial charge in [-0.05, 0) is 25.7 Å². The molecule has 11 heavy (non-hydrogen) atoms. The Labute approximate surface area is 66.1 Å². The van der Waals surface area contributed by atoms with Gasteiger partial charge in [-0.15, -0.1) is 0 Å². The molecule has 0 aromatic rings. The molecule has 3 rings (SSSR count). The summed E-state index contributed by atoms with van der Waals surface area (Å²) in [6.45, 7) is 2.09. The van der Waals surface area contributed by atoms with E-state index in [1.165, 1.54) is 6.42 Å². The zero-order chi connectivity index (χ0) is 7.64. The van der Waals surface area contributed by atoms with Gasteiger partial charge >= 0.3 is 0 Å². The molecule has 1 saturated heterocycles. The van der Waals surface area contributed by atoms with E-state index in [-0.39, 0.29) is 5.41 Å². The van der Waals surface area contributed by atoms with Crippen molar-refractivity contribution < 1.29 is 4.74 Å². The molecular formula is C9H11NO. The second-order valence-electron chi connectivity index (χ2n) is 4.40. The standard InChI is InChI=1S/C9H11NO/c1-9(4-10)3-5-2-6(9)8-7(5)11-8/h5-8H,2-3H2,1H3/t5?,6?,7?,8-,9+/m1/s1. The molecule has 0 radical (unpaired) electrons. The van der Waals surface area contributed by atoms with E-state index < -0.39 is 0 Å². The van der Waals surface area contributed by atoms with Gasteiger partial charge in [0.2, 0.25) is 0 Å². The van der Waals surface area contributed by atoms with Crippen LogP contribution in [0.2, 0.25) is 0 Å². The molecule has 0 aromatic carbocycles. The summed E-state index contributed by atoms with van der Waals surface area (Å²) in [5.41, 5.74) is -0.0532. The fourth-order valence-electron chi connectivity index (χ4n) is 3.08. The second-order valence-corrected chi connectivity index (χ2v) is 4.40. The Kier molecular flexibility index (Phi) is 0.803. The Morgan fingerprint density at radius 2 is 2.36 bits per heavy atom. The Bertz CT molecular complexity index is 257. The first-order valence-corrected chi connectivity index (χ1v) is 4.31. The van der Waals surface area contributed by atoms with Gasteiger partial charge in [0, 0.05) is 5.92 Å². The fourth-order valence-corrected chi connectivity index (χ4v) is 3.08. The lowest BCUT2D eigenvalue weighted by atomic mass is 9.76. The van der Waals surface area contributed by atoms with Crippen LogP contribution in [0.3, 0.4) is 0 Å². The molecule has 1 aliphatic heterocycles. The Balaban J connectivity index is 1.99. The first-order valence-electron chi connectivity index (χ1n) is 4.31. The topological polar surface area (TPSA) is 36.3 Å². The van der Waals surface area contributed by atoms with Crippen molar-refractivity contribution in [2.24, 2.45) is 17.3 Å². The average molecular weight is 149 g/mol. The number of rotatable bonds is 0. The lowest BCUT2D eigenvalue weighted by Gasteiger charge is -2.23. The summed E-state index contributed by atoms with van der Waals surface area (Å²) in [5, 5.41) is 8.98. The summed E-state index contributed by atoms with van der Waals surface area (Å²) in [6, 6.07) is 2.45. The van der Waals surface area contributed by atoms with E-state index in [0.29, 0.717) is 18.1 Å². The van der Waals surface area contributed by atoms with Crippen LogP contribution in [0.4, 0.5) is 0 Å². The van der Waals surface area contributed by atoms with Crippen LogP contribution in [-0.2, 0) is 4.74 Å². The lowest BCUT2D eigenvalue weighted by Crippen LogP contribution is -2.27. The number of hydrogen-bond acceptors (Lipinski definition) is 2. The van der Waals surface area contributed by atoms with E-state index in [1.54, 1.807) is 0 Å². The number of nitrogens with zero attached hydrogens (tertiary/aromatic N) is 1. The van der Waals surface area contributed by atoms with E-state index in [1.807, 2.05) is 0 Å². The molecule has 3 unspecified atom stereocenters. The maximum Gasteiger partial charge on any atom is 0.0888 e. The third kappa shape index (κ3) is 0.530. The summed E-state index contributed by atoms with van der Waals surface area (Å²) in [5.74, 6) is 1.28. The third-order valence-corrected chi connectivity index (χ3v) is 3.74. The number of fused-ring (bicyclic) bond motifs is 5. The van der Waals surface area contributed by atoms with Gasteiger partial charge < -0.3 is 4.74 Å². The minimum atomic E-state index is -0.0532. The van der Waals surface area contributed by atoms with E-state index in [2.05, 4.69) is 13.0 Å². The molecule has 58 valence electrons. The molecule has 1 heterocycles. The first-order chi connectivity index (χ1) is 5.24. The molecule has 5 atom stereocenters. The van der Waals surface area contributed by atoms with Crippen molar-refractivity contribution in [3.8, 4) is 6.07 Å². The normalized spacial score (nSPS) is 64.0. The van der Waals surface area contributed by atoms with Gasteiger partial charge in [0.15, 0.2) is 0 Å². The highest BCUT2D eigenvalue weighted by Gasteiger charge is 2.67. The van der Waals surface area contributed by atoms with Gasteiger partial charge in [0.25, 0.3) is 0 Å². The lowest BCUT2D eigenvalue weighted by molar-refractivity contribution is 0.230. The van der Waals surface area contributed by atoms with Crippen molar-refractivity contribution in [1.29, 1.82) is 5.26 Å². The van der Waals surface area contributed by atoms with E-state index in [4.69, 9.17) is 10.00 Å². The van der Waals surface area contributed by atoms with Crippen molar-refractivity contribution in [2.45, 2.75) is 32.0 Å². The Hall–Kier alpha value is -0.550. The van der Waals surface area contributed by atoms with Crippen molar-refractivity contribution in [3.05, 3.63) is 0 Å². The van der Waals surface area contributed by atoms with Gasteiger partial charge in [0.1, 0.15) is 0 Å². The van der Waals surface area contributed by atoms with Crippen LogP contribution in [0.5, 0.6) is 0 Å². The predicted octanol–water partition coefficient (Wildman–Crippen LogP) is 1.32. The number of ether oxygens (including phenoxy) is 1. The molecule has 0 N–H and O–H groups in total. The van der Waals surface area contributed by atoms with E-state index in [0.717, 1.165) is 12.3 Å². The Morgan fingerprint density at radius 1 is 1.55 bits per heavy atom. The maximum atomic E-state index is 8.98. The number of epoxide rings is 1. The van der Waals surface area contributed by atoms with Crippen LogP contribution >= 0.6 is 0 Å². The largest absolute Gasteiger partial charge is 0.369 e. The molecule has 2 aliphatic carbocycles. The minimum Gasteiger partial charge on any atom is -0.369 e. The SMILES string of the molecule is C[C@@]1(C#N)CC2CC1[C@H]1OC21. The quantitative estimate of drug-likeness (QED) is 0.487. The number of hydrogen-bond donors (Lipinski definition) is 0. The molecule has 0 aromatic heterocycles. The van der Waals surface area contributed by atoms with Gasteiger partial charge in [-0.2, -0.15) is 5.26 Å². The van der Waals surface area contributed by atoms with Crippen LogP contribution in [-0.4, -0.2) is 12.2 Å². The molecule has 0 amide bonds. The van der Waals surface area contributed by atoms with Crippen molar-refractivity contribution >= 4 is 0 Å².